The molecule has 0 aromatic rings. The van der Waals surface area contributed by atoms with Gasteiger partial charge in [0.1, 0.15) is 5.84 Å². The Balaban J connectivity index is 3.97. The van der Waals surface area contributed by atoms with Gasteiger partial charge in [-0.05, 0) is 0 Å². The van der Waals surface area contributed by atoms with Gasteiger partial charge in [-0.2, -0.15) is 0 Å². The van der Waals surface area contributed by atoms with Crippen LogP contribution in [0.25, 0.3) is 0 Å². The molecule has 94 valence electrons. The average Bonchev–Trinajstić information content (AvgIpc) is 2.16. The van der Waals surface area contributed by atoms with E-state index in [1.54, 1.807) is 0 Å². The van der Waals surface area contributed by atoms with Gasteiger partial charge < -0.3 is 16.3 Å². The van der Waals surface area contributed by atoms with Crippen molar-refractivity contribution in [3.05, 3.63) is 0 Å². The van der Waals surface area contributed by atoms with E-state index in [1.807, 2.05) is 0 Å². The van der Waals surface area contributed by atoms with Crippen LogP contribution >= 0.6 is 0 Å². The van der Waals surface area contributed by atoms with Crippen molar-refractivity contribution in [2.75, 3.05) is 26.4 Å². The molecule has 0 radical (unpaired) electrons. The van der Waals surface area contributed by atoms with E-state index in [4.69, 9.17) is 10.9 Å². The molecule has 0 heterocycles. The molecule has 0 saturated heterocycles. The van der Waals surface area contributed by atoms with Gasteiger partial charge in [0.05, 0.1) is 12.2 Å². The summed E-state index contributed by atoms with van der Waals surface area (Å²) in [6, 6.07) is 0. The normalized spacial score (nSPS) is 12.8. The van der Waals surface area contributed by atoms with Crippen molar-refractivity contribution in [1.82, 2.24) is 9.62 Å². The molecule has 0 aliphatic carbocycles. The number of hydrogen-bond donors (Lipinski definition) is 3. The van der Waals surface area contributed by atoms with E-state index in [0.29, 0.717) is 0 Å². The lowest BCUT2D eigenvalue weighted by Gasteiger charge is -2.11. The third-order valence-corrected chi connectivity index (χ3v) is 3.54. The van der Waals surface area contributed by atoms with Crippen LogP contribution in [0.15, 0.2) is 5.16 Å². The summed E-state index contributed by atoms with van der Waals surface area (Å²) in [5.74, 6) is -0.917. The number of carbonyl (C=O) groups excluding carboxylic acids is 1. The second kappa shape index (κ2) is 6.28. The molecule has 0 rings (SSSR count). The largest absolute Gasteiger partial charge is 0.409 e. The number of amides is 1. The zero-order valence-electron chi connectivity index (χ0n) is 9.17. The second-order valence-corrected chi connectivity index (χ2v) is 5.52. The highest BCUT2D eigenvalue weighted by molar-refractivity contribution is 7.89. The minimum atomic E-state index is -3.32. The number of rotatable bonds is 6. The Morgan fingerprint density at radius 3 is 2.50 bits per heavy atom. The third kappa shape index (κ3) is 5.51. The molecule has 0 aromatic heterocycles. The minimum absolute atomic E-state index is 0.0158. The highest BCUT2D eigenvalue weighted by atomic mass is 32.2. The zero-order valence-corrected chi connectivity index (χ0v) is 9.99. The first-order valence-electron chi connectivity index (χ1n) is 4.43. The molecule has 16 heavy (non-hydrogen) atoms. The van der Waals surface area contributed by atoms with Crippen LogP contribution in [-0.2, 0) is 14.8 Å². The van der Waals surface area contributed by atoms with Gasteiger partial charge in [0.2, 0.25) is 15.9 Å². The maximum absolute atomic E-state index is 11.3. The van der Waals surface area contributed by atoms with E-state index in [1.165, 1.54) is 14.1 Å². The quantitative estimate of drug-likeness (QED) is 0.221. The number of amidine groups is 1. The van der Waals surface area contributed by atoms with Crippen molar-refractivity contribution < 1.29 is 18.4 Å². The van der Waals surface area contributed by atoms with E-state index >= 15 is 0 Å². The standard InChI is InChI=1S/C7H16N4O4S/c1-11(2)16(14,15)4-3-9-7(12)5-6(8)10-13/h13H,3-5H2,1-2H3,(H2,8,10)(H,9,12). The van der Waals surface area contributed by atoms with Crippen LogP contribution in [0.1, 0.15) is 6.42 Å². The fourth-order valence-corrected chi connectivity index (χ4v) is 1.49. The summed E-state index contributed by atoms with van der Waals surface area (Å²) < 4.78 is 23.6. The molecular weight excluding hydrogens is 236 g/mol. The lowest BCUT2D eigenvalue weighted by Crippen LogP contribution is -2.35. The predicted octanol–water partition coefficient (Wildman–Crippen LogP) is -1.87. The Bertz CT molecular complexity index is 363. The summed E-state index contributed by atoms with van der Waals surface area (Å²) in [4.78, 5) is 11.1. The average molecular weight is 252 g/mol. The molecule has 0 atom stereocenters. The van der Waals surface area contributed by atoms with Gasteiger partial charge in [-0.1, -0.05) is 5.16 Å². The summed E-state index contributed by atoms with van der Waals surface area (Å²) in [6.07, 6.45) is -0.265. The Labute approximate surface area is 94.1 Å². The Kier molecular flexibility index (Phi) is 5.75. The van der Waals surface area contributed by atoms with Gasteiger partial charge >= 0.3 is 0 Å². The van der Waals surface area contributed by atoms with Crippen LogP contribution in [0.4, 0.5) is 0 Å². The summed E-state index contributed by atoms with van der Waals surface area (Å²) >= 11 is 0. The van der Waals surface area contributed by atoms with Crippen LogP contribution in [-0.4, -0.2) is 56.1 Å². The molecule has 0 bridgehead atoms. The van der Waals surface area contributed by atoms with Crippen molar-refractivity contribution in [3.8, 4) is 0 Å². The van der Waals surface area contributed by atoms with Crippen LogP contribution in [0, 0.1) is 0 Å². The molecule has 0 aromatic carbocycles. The van der Waals surface area contributed by atoms with Crippen molar-refractivity contribution in [1.29, 1.82) is 0 Å². The Morgan fingerprint density at radius 2 is 2.06 bits per heavy atom. The highest BCUT2D eigenvalue weighted by Gasteiger charge is 2.13. The van der Waals surface area contributed by atoms with Crippen LogP contribution in [0.2, 0.25) is 0 Å². The number of nitrogens with one attached hydrogen (secondary N) is 1. The highest BCUT2D eigenvalue weighted by Crippen LogP contribution is 1.92. The summed E-state index contributed by atoms with van der Waals surface area (Å²) in [5.41, 5.74) is 5.09. The van der Waals surface area contributed by atoms with Crippen molar-refractivity contribution in [2.24, 2.45) is 10.9 Å². The third-order valence-electron chi connectivity index (χ3n) is 1.71. The fraction of sp³-hybridized carbons (Fsp3) is 0.714. The van der Waals surface area contributed by atoms with Gasteiger partial charge in [0.25, 0.3) is 0 Å². The first-order valence-corrected chi connectivity index (χ1v) is 6.04. The molecule has 0 fully saturated rings. The lowest BCUT2D eigenvalue weighted by molar-refractivity contribution is -0.119. The smallest absolute Gasteiger partial charge is 0.227 e. The van der Waals surface area contributed by atoms with Gasteiger partial charge in [-0.3, -0.25) is 4.79 Å². The van der Waals surface area contributed by atoms with Crippen molar-refractivity contribution >= 4 is 21.8 Å². The fourth-order valence-electron chi connectivity index (χ4n) is 0.764. The van der Waals surface area contributed by atoms with Crippen LogP contribution < -0.4 is 11.1 Å². The van der Waals surface area contributed by atoms with Gasteiger partial charge in [0.15, 0.2) is 0 Å². The first-order chi connectivity index (χ1) is 7.29. The van der Waals surface area contributed by atoms with Crippen LogP contribution in [0.3, 0.4) is 0 Å². The van der Waals surface area contributed by atoms with Crippen molar-refractivity contribution in [2.45, 2.75) is 6.42 Å². The number of nitrogens with two attached hydrogens (primary N) is 1. The maximum Gasteiger partial charge on any atom is 0.227 e. The number of carbonyl (C=O) groups is 1. The summed E-state index contributed by atoms with van der Waals surface area (Å²) in [6.45, 7) is -0.0158. The van der Waals surface area contributed by atoms with E-state index in [-0.39, 0.29) is 24.6 Å². The molecule has 0 spiro atoms. The Morgan fingerprint density at radius 1 is 1.50 bits per heavy atom. The first kappa shape index (κ1) is 14.6. The van der Waals surface area contributed by atoms with Gasteiger partial charge in [-0.25, -0.2) is 12.7 Å². The molecule has 0 aliphatic rings. The van der Waals surface area contributed by atoms with E-state index < -0.39 is 15.9 Å². The SMILES string of the molecule is CN(C)S(=O)(=O)CCNC(=O)CC(N)=NO. The molecule has 0 unspecified atom stereocenters. The van der Waals surface area contributed by atoms with Crippen molar-refractivity contribution in [3.63, 3.8) is 0 Å². The summed E-state index contributed by atoms with van der Waals surface area (Å²) in [5, 5.41) is 13.2. The second-order valence-electron chi connectivity index (χ2n) is 3.22. The molecule has 1 amide bonds. The lowest BCUT2D eigenvalue weighted by atomic mass is 10.4. The van der Waals surface area contributed by atoms with Gasteiger partial charge in [0, 0.05) is 20.6 Å². The van der Waals surface area contributed by atoms with E-state index in [2.05, 4.69) is 10.5 Å². The zero-order chi connectivity index (χ0) is 12.8. The molecule has 8 nitrogen and oxygen atoms in total. The number of nitrogens with zero attached hydrogens (tertiary/aromatic N) is 2. The van der Waals surface area contributed by atoms with Crippen LogP contribution in [0.5, 0.6) is 0 Å². The molecular formula is C7H16N4O4S. The minimum Gasteiger partial charge on any atom is -0.409 e. The molecule has 4 N–H and O–H groups in total. The topological polar surface area (TPSA) is 125 Å². The molecule has 0 saturated carbocycles. The monoisotopic (exact) mass is 252 g/mol. The van der Waals surface area contributed by atoms with E-state index in [0.717, 1.165) is 4.31 Å². The summed E-state index contributed by atoms with van der Waals surface area (Å²) in [7, 11) is -0.500. The van der Waals surface area contributed by atoms with Gasteiger partial charge in [-0.15, -0.1) is 0 Å². The Hall–Kier alpha value is -1.35. The predicted molar refractivity (Wildman–Crippen MR) is 58.5 cm³/mol. The van der Waals surface area contributed by atoms with E-state index in [9.17, 15) is 13.2 Å². The number of hydrogen-bond acceptors (Lipinski definition) is 5. The maximum atomic E-state index is 11.3. The number of oxime groups is 1. The number of sulfonamides is 1. The molecule has 9 heteroatoms. The molecule has 0 aliphatic heterocycles.